The number of hydrazine groups is 1. The number of methoxy groups -OCH3 is 2. The molecule has 0 bridgehead atoms. The van der Waals surface area contributed by atoms with E-state index in [0.29, 0.717) is 22.7 Å². The van der Waals surface area contributed by atoms with Crippen molar-refractivity contribution in [3.8, 4) is 11.5 Å². The molecule has 1 amide bonds. The standard InChI is InChI=1S/C28H27FN4O5/c1-37-24-10-8-18(14-25(24)38-2)27(33(30)20-9-7-19-16-31-12-11-17(19)13-20)28(36)32-23(15-26(34)35)21-5-3-4-6-22(21)29/h3-14,16,23,27H,15,30H2,1-2H3,(H,32,36)(H,34,35)/t23?,27-/m1/s1. The first-order valence-corrected chi connectivity index (χ1v) is 11.7. The lowest BCUT2D eigenvalue weighted by Crippen LogP contribution is -2.46. The highest BCUT2D eigenvalue weighted by atomic mass is 19.1. The van der Waals surface area contributed by atoms with Gasteiger partial charge in [-0.15, -0.1) is 0 Å². The second-order valence-corrected chi connectivity index (χ2v) is 8.51. The summed E-state index contributed by atoms with van der Waals surface area (Å²) in [4.78, 5) is 29.5. The van der Waals surface area contributed by atoms with Gasteiger partial charge in [0.25, 0.3) is 0 Å². The van der Waals surface area contributed by atoms with E-state index in [4.69, 9.17) is 15.3 Å². The predicted molar refractivity (Wildman–Crippen MR) is 140 cm³/mol. The molecule has 4 N–H and O–H groups in total. The maximum atomic E-state index is 14.6. The third-order valence-electron chi connectivity index (χ3n) is 6.15. The number of nitrogens with zero attached hydrogens (tertiary/aromatic N) is 2. The molecule has 4 aromatic rings. The smallest absolute Gasteiger partial charge is 0.305 e. The highest BCUT2D eigenvalue weighted by Crippen LogP contribution is 2.34. The van der Waals surface area contributed by atoms with Crippen LogP contribution in [0.1, 0.15) is 29.6 Å². The van der Waals surface area contributed by atoms with Crippen LogP contribution in [0.25, 0.3) is 10.8 Å². The number of carboxylic acids is 1. The van der Waals surface area contributed by atoms with Gasteiger partial charge in [-0.05, 0) is 47.3 Å². The van der Waals surface area contributed by atoms with Crippen LogP contribution in [0, 0.1) is 5.82 Å². The maximum absolute atomic E-state index is 14.6. The minimum Gasteiger partial charge on any atom is -0.493 e. The summed E-state index contributed by atoms with van der Waals surface area (Å²) in [6.07, 6.45) is 2.83. The molecule has 1 unspecified atom stereocenters. The summed E-state index contributed by atoms with van der Waals surface area (Å²) in [5.41, 5.74) is 1.01. The number of amides is 1. The molecule has 0 aliphatic rings. The van der Waals surface area contributed by atoms with E-state index in [9.17, 15) is 19.1 Å². The first-order valence-electron chi connectivity index (χ1n) is 11.7. The fraction of sp³-hybridized carbons (Fsp3) is 0.179. The fourth-order valence-electron chi connectivity index (χ4n) is 4.26. The Hall–Kier alpha value is -4.70. The fourth-order valence-corrected chi connectivity index (χ4v) is 4.26. The van der Waals surface area contributed by atoms with Gasteiger partial charge < -0.3 is 19.9 Å². The van der Waals surface area contributed by atoms with Gasteiger partial charge in [-0.25, -0.2) is 10.2 Å². The molecule has 10 heteroatoms. The number of anilines is 1. The molecule has 1 heterocycles. The summed E-state index contributed by atoms with van der Waals surface area (Å²) in [5.74, 6) is 4.92. The number of rotatable bonds is 10. The number of fused-ring (bicyclic) bond motifs is 1. The van der Waals surface area contributed by atoms with E-state index in [2.05, 4.69) is 10.3 Å². The zero-order chi connectivity index (χ0) is 27.2. The third kappa shape index (κ3) is 5.65. The minimum atomic E-state index is -1.20. The lowest BCUT2D eigenvalue weighted by molar-refractivity contribution is -0.137. The van der Waals surface area contributed by atoms with Crippen LogP contribution >= 0.6 is 0 Å². The van der Waals surface area contributed by atoms with E-state index < -0.39 is 36.2 Å². The zero-order valence-corrected chi connectivity index (χ0v) is 20.8. The number of aliphatic carboxylic acids is 1. The van der Waals surface area contributed by atoms with Gasteiger partial charge in [0.1, 0.15) is 11.9 Å². The number of carboxylic acid groups (broad SMARTS) is 1. The first kappa shape index (κ1) is 26.4. The topological polar surface area (TPSA) is 127 Å². The average molecular weight is 519 g/mol. The molecular formula is C28H27FN4O5. The quantitative estimate of drug-likeness (QED) is 0.211. The van der Waals surface area contributed by atoms with Crippen LogP contribution in [-0.4, -0.2) is 36.2 Å². The summed E-state index contributed by atoms with van der Waals surface area (Å²) in [7, 11) is 2.96. The van der Waals surface area contributed by atoms with Crippen molar-refractivity contribution in [2.45, 2.75) is 18.5 Å². The Balaban J connectivity index is 1.77. The van der Waals surface area contributed by atoms with Crippen molar-refractivity contribution in [1.29, 1.82) is 0 Å². The van der Waals surface area contributed by atoms with Crippen molar-refractivity contribution < 1.29 is 28.6 Å². The molecule has 9 nitrogen and oxygen atoms in total. The van der Waals surface area contributed by atoms with Crippen molar-refractivity contribution in [2.24, 2.45) is 5.84 Å². The largest absolute Gasteiger partial charge is 0.493 e. The molecule has 1 aromatic heterocycles. The Labute approximate surface area is 218 Å². The Morgan fingerprint density at radius 3 is 2.50 bits per heavy atom. The summed E-state index contributed by atoms with van der Waals surface area (Å²) < 4.78 is 25.3. The number of pyridine rings is 1. The second kappa shape index (κ2) is 11.6. The highest BCUT2D eigenvalue weighted by Gasteiger charge is 2.31. The molecule has 0 radical (unpaired) electrons. The van der Waals surface area contributed by atoms with Crippen LogP contribution in [-0.2, 0) is 9.59 Å². The second-order valence-electron chi connectivity index (χ2n) is 8.51. The molecule has 196 valence electrons. The summed E-state index contributed by atoms with van der Waals surface area (Å²) in [6, 6.07) is 15.5. The van der Waals surface area contributed by atoms with E-state index in [1.165, 1.54) is 37.4 Å². The summed E-state index contributed by atoms with van der Waals surface area (Å²) >= 11 is 0. The Bertz CT molecular complexity index is 1460. The van der Waals surface area contributed by atoms with Crippen LogP contribution in [0.5, 0.6) is 11.5 Å². The maximum Gasteiger partial charge on any atom is 0.305 e. The first-order chi connectivity index (χ1) is 18.3. The Morgan fingerprint density at radius 1 is 1.03 bits per heavy atom. The van der Waals surface area contributed by atoms with Crippen LogP contribution in [0.3, 0.4) is 0 Å². The van der Waals surface area contributed by atoms with E-state index >= 15 is 0 Å². The number of halogens is 1. The molecule has 0 saturated heterocycles. The van der Waals surface area contributed by atoms with E-state index in [0.717, 1.165) is 10.8 Å². The van der Waals surface area contributed by atoms with Crippen LogP contribution < -0.4 is 25.6 Å². The molecule has 2 atom stereocenters. The minimum absolute atomic E-state index is 0.0519. The molecule has 0 aliphatic heterocycles. The molecular weight excluding hydrogens is 491 g/mol. The number of carbonyl (C=O) groups excluding carboxylic acids is 1. The number of nitrogens with one attached hydrogen (secondary N) is 1. The van der Waals surface area contributed by atoms with Gasteiger partial charge in [-0.2, -0.15) is 0 Å². The van der Waals surface area contributed by atoms with E-state index in [1.54, 1.807) is 42.7 Å². The van der Waals surface area contributed by atoms with E-state index in [-0.39, 0.29) is 5.56 Å². The number of benzene rings is 3. The molecule has 0 fully saturated rings. The van der Waals surface area contributed by atoms with Crippen molar-refractivity contribution in [3.63, 3.8) is 0 Å². The monoisotopic (exact) mass is 518 g/mol. The summed E-state index contributed by atoms with van der Waals surface area (Å²) in [5, 5.41) is 15.2. The molecule has 0 aliphatic carbocycles. The van der Waals surface area contributed by atoms with Gasteiger partial charge in [0.05, 0.1) is 32.4 Å². The predicted octanol–water partition coefficient (Wildman–Crippen LogP) is 4.14. The van der Waals surface area contributed by atoms with Crippen molar-refractivity contribution in [1.82, 2.24) is 10.3 Å². The van der Waals surface area contributed by atoms with Gasteiger partial charge >= 0.3 is 5.97 Å². The van der Waals surface area contributed by atoms with Gasteiger partial charge in [0.15, 0.2) is 11.5 Å². The van der Waals surface area contributed by atoms with Crippen molar-refractivity contribution in [2.75, 3.05) is 19.2 Å². The number of aromatic nitrogens is 1. The SMILES string of the molecule is COc1ccc([C@H](C(=O)NC(CC(=O)O)c2ccccc2F)N(N)c2ccc3cnccc3c2)cc1OC. The lowest BCUT2D eigenvalue weighted by atomic mass is 10.00. The van der Waals surface area contributed by atoms with E-state index in [1.807, 2.05) is 18.2 Å². The third-order valence-corrected chi connectivity index (χ3v) is 6.15. The molecule has 38 heavy (non-hydrogen) atoms. The van der Waals surface area contributed by atoms with Crippen LogP contribution in [0.15, 0.2) is 79.1 Å². The Morgan fingerprint density at radius 2 is 1.79 bits per heavy atom. The number of carbonyl (C=O) groups is 2. The van der Waals surface area contributed by atoms with Crippen molar-refractivity contribution >= 4 is 28.3 Å². The lowest BCUT2D eigenvalue weighted by Gasteiger charge is -2.31. The summed E-state index contributed by atoms with van der Waals surface area (Å²) in [6.45, 7) is 0. The number of ether oxygens (including phenoxy) is 2. The number of hydrogen-bond acceptors (Lipinski definition) is 7. The van der Waals surface area contributed by atoms with Crippen LogP contribution in [0.2, 0.25) is 0 Å². The molecule has 3 aromatic carbocycles. The van der Waals surface area contributed by atoms with Gasteiger partial charge in [-0.3, -0.25) is 19.6 Å². The van der Waals surface area contributed by atoms with Crippen molar-refractivity contribution in [3.05, 3.63) is 96.1 Å². The normalized spacial score (nSPS) is 12.4. The van der Waals surface area contributed by atoms with Gasteiger partial charge in [0, 0.05) is 23.3 Å². The number of hydrogen-bond donors (Lipinski definition) is 3. The van der Waals surface area contributed by atoms with Gasteiger partial charge in [0.2, 0.25) is 5.91 Å². The molecule has 0 saturated carbocycles. The zero-order valence-electron chi connectivity index (χ0n) is 20.8. The molecule has 4 rings (SSSR count). The highest BCUT2D eigenvalue weighted by molar-refractivity contribution is 5.90. The Kier molecular flexibility index (Phi) is 8.03. The number of nitrogens with two attached hydrogens (primary N) is 1. The average Bonchev–Trinajstić information content (AvgIpc) is 2.92. The molecule has 0 spiro atoms. The van der Waals surface area contributed by atoms with Gasteiger partial charge in [-0.1, -0.05) is 30.3 Å². The van der Waals surface area contributed by atoms with Crippen LogP contribution in [0.4, 0.5) is 10.1 Å².